The van der Waals surface area contributed by atoms with Crippen LogP contribution in [0, 0.1) is 6.92 Å². The van der Waals surface area contributed by atoms with E-state index in [0.717, 1.165) is 16.3 Å². The molecule has 0 aliphatic heterocycles. The van der Waals surface area contributed by atoms with Gasteiger partial charge in [0.25, 0.3) is 0 Å². The van der Waals surface area contributed by atoms with Crippen LogP contribution in [0.4, 0.5) is 10.5 Å². The molecule has 1 fully saturated rings. The van der Waals surface area contributed by atoms with Crippen molar-refractivity contribution in [1.29, 1.82) is 0 Å². The lowest BCUT2D eigenvalue weighted by Gasteiger charge is -2.24. The molecule has 1 amide bonds. The Balaban J connectivity index is 0.00000233. The largest absolute Gasteiger partial charge is 0.506 e. The van der Waals surface area contributed by atoms with Crippen molar-refractivity contribution in [2.45, 2.75) is 66.4 Å². The van der Waals surface area contributed by atoms with E-state index in [4.69, 9.17) is 4.74 Å². The third kappa shape index (κ3) is 7.12. The highest BCUT2D eigenvalue weighted by molar-refractivity contribution is 6.28. The molecule has 0 atom stereocenters. The van der Waals surface area contributed by atoms with E-state index in [-0.39, 0.29) is 17.1 Å². The Labute approximate surface area is 186 Å². The maximum Gasteiger partial charge on any atom is 0.430 e. The summed E-state index contributed by atoms with van der Waals surface area (Å²) in [6, 6.07) is 5.63. The van der Waals surface area contributed by atoms with Crippen LogP contribution in [0.5, 0.6) is 0 Å². The van der Waals surface area contributed by atoms with E-state index in [2.05, 4.69) is 5.10 Å². The van der Waals surface area contributed by atoms with Crippen molar-refractivity contribution in [2.24, 2.45) is 5.10 Å². The average Bonchev–Trinajstić information content (AvgIpc) is 2.67. The summed E-state index contributed by atoms with van der Waals surface area (Å²) in [7, 11) is 5.24. The predicted molar refractivity (Wildman–Crippen MR) is 127 cm³/mol. The molecule has 0 heterocycles. The van der Waals surface area contributed by atoms with Gasteiger partial charge in [0.05, 0.1) is 11.3 Å². The Kier molecular flexibility index (Phi) is 9.28. The van der Waals surface area contributed by atoms with E-state index in [9.17, 15) is 14.7 Å². The van der Waals surface area contributed by atoms with E-state index in [0.29, 0.717) is 30.5 Å². The van der Waals surface area contributed by atoms with Gasteiger partial charge in [0, 0.05) is 38.8 Å². The van der Waals surface area contributed by atoms with Gasteiger partial charge in [-0.2, -0.15) is 5.10 Å². The SMILES string of the molecule is CC.Cc1ccc(/C(O)=C2\C(=O)CCC\C2=N/N(C)C(=O)OC(C)(C)C)c(N(C)C)c1. The molecule has 172 valence electrons. The van der Waals surface area contributed by atoms with Crippen LogP contribution in [0.2, 0.25) is 0 Å². The summed E-state index contributed by atoms with van der Waals surface area (Å²) in [6.45, 7) is 11.3. The van der Waals surface area contributed by atoms with Crippen molar-refractivity contribution in [3.63, 3.8) is 0 Å². The molecule has 7 heteroatoms. The normalized spacial score (nSPS) is 16.9. The Morgan fingerprint density at radius 1 is 1.13 bits per heavy atom. The summed E-state index contributed by atoms with van der Waals surface area (Å²) in [5.74, 6) is -0.301. The number of carbonyl (C=O) groups excluding carboxylic acids is 2. The molecule has 1 saturated carbocycles. The summed E-state index contributed by atoms with van der Waals surface area (Å²) in [5.41, 5.74) is 2.29. The first kappa shape index (κ1) is 26.2. The number of anilines is 1. The molecule has 0 radical (unpaired) electrons. The lowest BCUT2D eigenvalue weighted by Crippen LogP contribution is -2.33. The molecule has 0 aromatic heterocycles. The number of benzene rings is 1. The molecule has 7 nitrogen and oxygen atoms in total. The maximum atomic E-state index is 12.7. The highest BCUT2D eigenvalue weighted by atomic mass is 16.6. The number of Topliss-reactive ketones (excluding diaryl/α,β-unsaturated/α-hetero) is 1. The van der Waals surface area contributed by atoms with Gasteiger partial charge in [-0.25, -0.2) is 9.80 Å². The monoisotopic (exact) mass is 431 g/mol. The molecule has 1 aliphatic carbocycles. The quantitative estimate of drug-likeness (QED) is 0.397. The van der Waals surface area contributed by atoms with Gasteiger partial charge in [0.15, 0.2) is 5.78 Å². The number of aliphatic hydroxyl groups excluding tert-OH is 1. The second kappa shape index (κ2) is 11.0. The van der Waals surface area contributed by atoms with Crippen LogP contribution < -0.4 is 4.90 Å². The minimum atomic E-state index is -0.656. The Hall–Kier alpha value is -2.83. The molecule has 2 rings (SSSR count). The Morgan fingerprint density at radius 2 is 1.74 bits per heavy atom. The highest BCUT2D eigenvalue weighted by Gasteiger charge is 2.29. The molecule has 0 saturated heterocycles. The molecular weight excluding hydrogens is 394 g/mol. The zero-order valence-corrected chi connectivity index (χ0v) is 20.4. The van der Waals surface area contributed by atoms with Crippen molar-refractivity contribution < 1.29 is 19.4 Å². The standard InChI is InChI=1S/C22H31N3O4.C2H6/c1-14-11-12-15(17(13-14)24(5)6)20(27)19-16(9-8-10-18(19)26)23-25(7)21(28)29-22(2,3)4;1-2/h11-13,27H,8-10H2,1-7H3;1-2H3/b20-19+,23-16+;. The molecule has 1 N–H and O–H groups in total. The molecule has 1 aromatic carbocycles. The number of hydrogen-bond acceptors (Lipinski definition) is 6. The summed E-state index contributed by atoms with van der Waals surface area (Å²) >= 11 is 0. The van der Waals surface area contributed by atoms with Crippen molar-refractivity contribution in [3.8, 4) is 0 Å². The molecular formula is C24H37N3O4. The smallest absolute Gasteiger partial charge is 0.430 e. The van der Waals surface area contributed by atoms with E-state index < -0.39 is 11.7 Å². The second-order valence-electron chi connectivity index (χ2n) is 8.47. The molecule has 1 aromatic rings. The van der Waals surface area contributed by atoms with Crippen LogP contribution in [0.25, 0.3) is 5.76 Å². The number of aryl methyl sites for hydroxylation is 1. The van der Waals surface area contributed by atoms with Gasteiger partial charge in [0.2, 0.25) is 0 Å². The number of rotatable bonds is 3. The number of carbonyl (C=O) groups is 2. The fraction of sp³-hybridized carbons (Fsp3) is 0.542. The summed E-state index contributed by atoms with van der Waals surface area (Å²) in [6.07, 6.45) is 0.815. The van der Waals surface area contributed by atoms with Crippen LogP contribution in [0.3, 0.4) is 0 Å². The number of aliphatic hydroxyl groups is 1. The molecule has 0 unspecified atom stereocenters. The van der Waals surface area contributed by atoms with Crippen LogP contribution >= 0.6 is 0 Å². The van der Waals surface area contributed by atoms with Gasteiger partial charge in [-0.15, -0.1) is 0 Å². The van der Waals surface area contributed by atoms with Crippen LogP contribution in [-0.2, 0) is 9.53 Å². The lowest BCUT2D eigenvalue weighted by atomic mass is 9.88. The Bertz CT molecular complexity index is 864. The van der Waals surface area contributed by atoms with E-state index >= 15 is 0 Å². The van der Waals surface area contributed by atoms with Gasteiger partial charge in [-0.3, -0.25) is 4.79 Å². The van der Waals surface area contributed by atoms with Crippen molar-refractivity contribution in [2.75, 3.05) is 26.0 Å². The number of ether oxygens (including phenoxy) is 1. The van der Waals surface area contributed by atoms with Crippen LogP contribution in [0.15, 0.2) is 28.9 Å². The van der Waals surface area contributed by atoms with E-state index in [1.807, 2.05) is 51.9 Å². The summed E-state index contributed by atoms with van der Waals surface area (Å²) in [4.78, 5) is 26.9. The number of allylic oxidation sites excluding steroid dienone is 1. The zero-order valence-electron chi connectivity index (χ0n) is 20.4. The van der Waals surface area contributed by atoms with Gasteiger partial charge >= 0.3 is 6.09 Å². The lowest BCUT2D eigenvalue weighted by molar-refractivity contribution is -0.115. The Morgan fingerprint density at radius 3 is 2.29 bits per heavy atom. The summed E-state index contributed by atoms with van der Waals surface area (Å²) < 4.78 is 5.32. The molecule has 0 bridgehead atoms. The molecule has 31 heavy (non-hydrogen) atoms. The first-order valence-electron chi connectivity index (χ1n) is 10.7. The van der Waals surface area contributed by atoms with Crippen molar-refractivity contribution in [1.82, 2.24) is 5.01 Å². The number of amides is 1. The fourth-order valence-corrected chi connectivity index (χ4v) is 3.09. The topological polar surface area (TPSA) is 82.4 Å². The first-order valence-corrected chi connectivity index (χ1v) is 10.7. The average molecular weight is 432 g/mol. The maximum absolute atomic E-state index is 12.7. The van der Waals surface area contributed by atoms with E-state index in [1.165, 1.54) is 7.05 Å². The van der Waals surface area contributed by atoms with Crippen molar-refractivity contribution >= 4 is 29.0 Å². The van der Waals surface area contributed by atoms with Crippen LogP contribution in [-0.4, -0.2) is 54.4 Å². The van der Waals surface area contributed by atoms with Gasteiger partial charge in [-0.1, -0.05) is 19.9 Å². The first-order chi connectivity index (χ1) is 14.4. The molecule has 1 aliphatic rings. The number of hydrogen-bond donors (Lipinski definition) is 1. The predicted octanol–water partition coefficient (Wildman–Crippen LogP) is 5.33. The second-order valence-corrected chi connectivity index (χ2v) is 8.47. The summed E-state index contributed by atoms with van der Waals surface area (Å²) in [5, 5.41) is 16.5. The third-order valence-electron chi connectivity index (χ3n) is 4.44. The molecule has 0 spiro atoms. The van der Waals surface area contributed by atoms with Crippen molar-refractivity contribution in [3.05, 3.63) is 34.9 Å². The fourth-order valence-electron chi connectivity index (χ4n) is 3.09. The zero-order chi connectivity index (χ0) is 23.9. The highest BCUT2D eigenvalue weighted by Crippen LogP contribution is 2.31. The van der Waals surface area contributed by atoms with Gasteiger partial charge in [0.1, 0.15) is 11.4 Å². The number of nitrogens with zero attached hydrogens (tertiary/aromatic N) is 3. The van der Waals surface area contributed by atoms with E-state index in [1.54, 1.807) is 26.8 Å². The third-order valence-corrected chi connectivity index (χ3v) is 4.44. The number of ketones is 1. The number of hydrazone groups is 1. The minimum Gasteiger partial charge on any atom is -0.506 e. The van der Waals surface area contributed by atoms with Gasteiger partial charge in [-0.05, 0) is 58.2 Å². The van der Waals surface area contributed by atoms with Gasteiger partial charge < -0.3 is 14.7 Å². The van der Waals surface area contributed by atoms with Crippen LogP contribution in [0.1, 0.15) is 65.0 Å². The minimum absolute atomic E-state index is 0.116.